The molecule has 1 N–H and O–H groups in total. The zero-order chi connectivity index (χ0) is 23.0. The second kappa shape index (κ2) is 8.39. The Balaban J connectivity index is 1.87. The number of ether oxygens (including phenoxy) is 1. The van der Waals surface area contributed by atoms with E-state index < -0.39 is 21.7 Å². The lowest BCUT2D eigenvalue weighted by Gasteiger charge is -2.19. The van der Waals surface area contributed by atoms with Gasteiger partial charge in [0.2, 0.25) is 0 Å². The molecule has 0 saturated carbocycles. The van der Waals surface area contributed by atoms with Crippen LogP contribution in [0.15, 0.2) is 39.9 Å². The van der Waals surface area contributed by atoms with E-state index >= 15 is 0 Å². The minimum absolute atomic E-state index is 0.620. The number of aryl methyl sites for hydroxylation is 3. The Morgan fingerprint density at radius 1 is 1.23 bits per heavy atom. The Morgan fingerprint density at radius 3 is 2.55 bits per heavy atom. The van der Waals surface area contributed by atoms with Crippen molar-refractivity contribution in [3.8, 4) is 0 Å². The Kier molecular flexibility index (Phi) is 6.19. The standard InChI is InChI=1S/C20H25N5O4S2/c1-13-14(11-12-31(27,28)23-19(26)29-20(2,3)4)17(25(6)22-13)30-18-21-15-9-7-8-10-16(15)24(18)5/h7-12H,1-6H3,(H,23,26)/b12-11+. The largest absolute Gasteiger partial charge is 0.443 e. The molecular formula is C20H25N5O4S2. The van der Waals surface area contributed by atoms with Gasteiger partial charge in [-0.1, -0.05) is 12.1 Å². The fourth-order valence-electron chi connectivity index (χ4n) is 2.87. The maximum absolute atomic E-state index is 12.3. The number of benzene rings is 1. The molecule has 9 nitrogen and oxygen atoms in total. The number of para-hydroxylation sites is 2. The molecule has 166 valence electrons. The minimum atomic E-state index is -4.05. The van der Waals surface area contributed by atoms with E-state index in [1.165, 1.54) is 17.8 Å². The van der Waals surface area contributed by atoms with Crippen LogP contribution >= 0.6 is 11.8 Å². The molecule has 0 spiro atoms. The smallest absolute Gasteiger partial charge is 0.421 e. The van der Waals surface area contributed by atoms with Gasteiger partial charge in [0.25, 0.3) is 10.0 Å². The summed E-state index contributed by atoms with van der Waals surface area (Å²) in [6.07, 6.45) is 0.384. The number of amides is 1. The predicted octanol–water partition coefficient (Wildman–Crippen LogP) is 3.59. The van der Waals surface area contributed by atoms with Gasteiger partial charge in [-0.15, -0.1) is 0 Å². The number of hydrogen-bond donors (Lipinski definition) is 1. The number of imidazole rings is 1. The van der Waals surface area contributed by atoms with Crippen molar-refractivity contribution in [3.63, 3.8) is 0 Å². The van der Waals surface area contributed by atoms with Gasteiger partial charge in [-0.05, 0) is 57.7 Å². The Hall–Kier alpha value is -2.79. The number of carbonyl (C=O) groups is 1. The monoisotopic (exact) mass is 463 g/mol. The molecule has 3 aromatic rings. The van der Waals surface area contributed by atoms with Crippen molar-refractivity contribution in [1.29, 1.82) is 0 Å². The fourth-order valence-corrected chi connectivity index (χ4v) is 4.58. The van der Waals surface area contributed by atoms with Crippen LogP contribution in [0.1, 0.15) is 32.0 Å². The maximum Gasteiger partial charge on any atom is 0.421 e. The molecule has 31 heavy (non-hydrogen) atoms. The Bertz CT molecular complexity index is 1270. The molecule has 0 saturated heterocycles. The molecule has 2 heterocycles. The molecule has 1 aromatic carbocycles. The summed E-state index contributed by atoms with van der Waals surface area (Å²) in [6, 6.07) is 7.79. The molecule has 0 radical (unpaired) electrons. The molecule has 3 rings (SSSR count). The van der Waals surface area contributed by atoms with E-state index in [1.54, 1.807) is 39.4 Å². The maximum atomic E-state index is 12.3. The first-order valence-electron chi connectivity index (χ1n) is 9.43. The van der Waals surface area contributed by atoms with Crippen LogP contribution < -0.4 is 4.72 Å². The van der Waals surface area contributed by atoms with Crippen molar-refractivity contribution in [3.05, 3.63) is 40.9 Å². The normalized spacial score (nSPS) is 12.6. The molecule has 1 amide bonds. The number of hydrogen-bond acceptors (Lipinski definition) is 7. The molecule has 11 heteroatoms. The summed E-state index contributed by atoms with van der Waals surface area (Å²) in [5, 5.41) is 6.80. The van der Waals surface area contributed by atoms with Crippen LogP contribution in [-0.4, -0.2) is 39.4 Å². The number of rotatable bonds is 5. The molecule has 0 fully saturated rings. The van der Waals surface area contributed by atoms with Crippen LogP contribution in [0.4, 0.5) is 4.79 Å². The summed E-state index contributed by atoms with van der Waals surface area (Å²) in [6.45, 7) is 6.74. The first-order valence-corrected chi connectivity index (χ1v) is 11.8. The SMILES string of the molecule is Cc1nn(C)c(Sc2nc3ccccc3n2C)c1/C=C/S(=O)(=O)NC(=O)OC(C)(C)C. The first kappa shape index (κ1) is 22.9. The van der Waals surface area contributed by atoms with Gasteiger partial charge < -0.3 is 9.30 Å². The van der Waals surface area contributed by atoms with E-state index in [-0.39, 0.29) is 0 Å². The summed E-state index contributed by atoms with van der Waals surface area (Å²) in [4.78, 5) is 16.5. The van der Waals surface area contributed by atoms with Gasteiger partial charge in [0.15, 0.2) is 5.16 Å². The van der Waals surface area contributed by atoms with Crippen molar-refractivity contribution in [2.24, 2.45) is 14.1 Å². The van der Waals surface area contributed by atoms with Gasteiger partial charge in [0, 0.05) is 19.7 Å². The predicted molar refractivity (Wildman–Crippen MR) is 120 cm³/mol. The third-order valence-corrected chi connectivity index (χ3v) is 6.36. The van der Waals surface area contributed by atoms with Crippen molar-refractivity contribution < 1.29 is 17.9 Å². The van der Waals surface area contributed by atoms with Crippen LogP contribution in [-0.2, 0) is 28.9 Å². The molecule has 2 aromatic heterocycles. The van der Waals surface area contributed by atoms with Crippen molar-refractivity contribution >= 4 is 45.0 Å². The molecule has 0 aliphatic heterocycles. The summed E-state index contributed by atoms with van der Waals surface area (Å²) in [5.41, 5.74) is 2.32. The van der Waals surface area contributed by atoms with Crippen LogP contribution in [0.25, 0.3) is 17.1 Å². The highest BCUT2D eigenvalue weighted by atomic mass is 32.2. The van der Waals surface area contributed by atoms with Crippen LogP contribution in [0.5, 0.6) is 0 Å². The van der Waals surface area contributed by atoms with E-state index in [0.29, 0.717) is 11.3 Å². The van der Waals surface area contributed by atoms with Crippen molar-refractivity contribution in [1.82, 2.24) is 24.1 Å². The fraction of sp³-hybridized carbons (Fsp3) is 0.350. The lowest BCUT2D eigenvalue weighted by atomic mass is 10.2. The number of carbonyl (C=O) groups excluding carboxylic acids is 1. The highest BCUT2D eigenvalue weighted by Crippen LogP contribution is 2.33. The van der Waals surface area contributed by atoms with Gasteiger partial charge in [-0.2, -0.15) is 5.10 Å². The summed E-state index contributed by atoms with van der Waals surface area (Å²) >= 11 is 1.38. The average Bonchev–Trinajstić information content (AvgIpc) is 3.08. The zero-order valence-corrected chi connectivity index (χ0v) is 19.8. The number of nitrogens with zero attached hydrogens (tertiary/aromatic N) is 4. The van der Waals surface area contributed by atoms with E-state index in [4.69, 9.17) is 4.74 Å². The second-order valence-corrected chi connectivity index (χ2v) is 10.4. The van der Waals surface area contributed by atoms with Crippen molar-refractivity contribution in [2.45, 2.75) is 43.5 Å². The number of aromatic nitrogens is 4. The lowest BCUT2D eigenvalue weighted by Crippen LogP contribution is -2.35. The highest BCUT2D eigenvalue weighted by Gasteiger charge is 2.21. The summed E-state index contributed by atoms with van der Waals surface area (Å²) in [7, 11) is -0.347. The van der Waals surface area contributed by atoms with E-state index in [1.807, 2.05) is 40.6 Å². The van der Waals surface area contributed by atoms with Gasteiger partial charge in [-0.3, -0.25) is 4.68 Å². The lowest BCUT2D eigenvalue weighted by molar-refractivity contribution is 0.0571. The number of sulfonamides is 1. The van der Waals surface area contributed by atoms with Crippen LogP contribution in [0, 0.1) is 6.92 Å². The van der Waals surface area contributed by atoms with Gasteiger partial charge >= 0.3 is 6.09 Å². The molecule has 0 bridgehead atoms. The van der Waals surface area contributed by atoms with Gasteiger partial charge in [0.05, 0.1) is 22.1 Å². The van der Waals surface area contributed by atoms with Gasteiger partial charge in [0.1, 0.15) is 10.6 Å². The molecule has 0 aliphatic carbocycles. The Morgan fingerprint density at radius 2 is 1.90 bits per heavy atom. The topological polar surface area (TPSA) is 108 Å². The first-order chi connectivity index (χ1) is 14.4. The summed E-state index contributed by atoms with van der Waals surface area (Å²) < 4.78 is 35.1. The average molecular weight is 464 g/mol. The van der Waals surface area contributed by atoms with Crippen molar-refractivity contribution in [2.75, 3.05) is 0 Å². The van der Waals surface area contributed by atoms with Gasteiger partial charge in [-0.25, -0.2) is 22.9 Å². The number of fused-ring (bicyclic) bond motifs is 1. The molecular weight excluding hydrogens is 438 g/mol. The molecule has 0 unspecified atom stereocenters. The van der Waals surface area contributed by atoms with Crippen LogP contribution in [0.3, 0.4) is 0 Å². The number of nitrogens with one attached hydrogen (secondary N) is 1. The highest BCUT2D eigenvalue weighted by molar-refractivity contribution is 7.99. The third kappa shape index (κ3) is 5.47. The van der Waals surface area contributed by atoms with E-state index in [0.717, 1.165) is 26.6 Å². The minimum Gasteiger partial charge on any atom is -0.443 e. The van der Waals surface area contributed by atoms with E-state index in [9.17, 15) is 13.2 Å². The third-order valence-electron chi connectivity index (χ3n) is 4.19. The van der Waals surface area contributed by atoms with Crippen LogP contribution in [0.2, 0.25) is 0 Å². The molecule has 0 aliphatic rings. The quantitative estimate of drug-likeness (QED) is 0.616. The zero-order valence-electron chi connectivity index (χ0n) is 18.2. The summed E-state index contributed by atoms with van der Waals surface area (Å²) in [5.74, 6) is 0. The Labute approximate surface area is 185 Å². The van der Waals surface area contributed by atoms with E-state index in [2.05, 4.69) is 10.1 Å². The molecule has 0 atom stereocenters. The second-order valence-electron chi connectivity index (χ2n) is 7.92.